The Labute approximate surface area is 228 Å². The molecule has 39 heavy (non-hydrogen) atoms. The van der Waals surface area contributed by atoms with Crippen LogP contribution >= 0.6 is 0 Å². The van der Waals surface area contributed by atoms with Gasteiger partial charge in [-0.15, -0.1) is 0 Å². The molecule has 0 aromatic heterocycles. The van der Waals surface area contributed by atoms with Crippen molar-refractivity contribution in [3.05, 3.63) is 71.8 Å². The lowest BCUT2D eigenvalue weighted by atomic mass is 9.49. The first-order valence-corrected chi connectivity index (χ1v) is 13.5. The Morgan fingerprint density at radius 1 is 0.846 bits per heavy atom. The van der Waals surface area contributed by atoms with Gasteiger partial charge in [0.15, 0.2) is 0 Å². The molecular formula is C31H36O8. The van der Waals surface area contributed by atoms with Crippen LogP contribution in [-0.4, -0.2) is 59.1 Å². The number of fused-ring (bicyclic) bond motifs is 1. The summed E-state index contributed by atoms with van der Waals surface area (Å²) < 4.78 is 25.3. The second kappa shape index (κ2) is 10.1. The molecule has 3 fully saturated rings. The van der Waals surface area contributed by atoms with E-state index in [4.69, 9.17) is 18.9 Å². The summed E-state index contributed by atoms with van der Waals surface area (Å²) in [6, 6.07) is 17.4. The molecule has 1 aliphatic heterocycles. The summed E-state index contributed by atoms with van der Waals surface area (Å²) in [7, 11) is 0. The zero-order chi connectivity index (χ0) is 28.0. The van der Waals surface area contributed by atoms with Crippen LogP contribution in [-0.2, 0) is 23.7 Å². The summed E-state index contributed by atoms with van der Waals surface area (Å²) in [5.41, 5.74) is -2.39. The largest absolute Gasteiger partial charge is 0.462 e. The number of carbonyl (C=O) groups is 3. The lowest BCUT2D eigenvalue weighted by Gasteiger charge is -2.61. The van der Waals surface area contributed by atoms with Crippen LogP contribution in [0.5, 0.6) is 0 Å². The van der Waals surface area contributed by atoms with Crippen molar-refractivity contribution in [3.8, 4) is 0 Å². The molecule has 1 N–H and O–H groups in total. The van der Waals surface area contributed by atoms with Crippen molar-refractivity contribution < 1.29 is 38.4 Å². The van der Waals surface area contributed by atoms with E-state index in [1.165, 1.54) is 6.92 Å². The van der Waals surface area contributed by atoms with Crippen LogP contribution in [0.3, 0.4) is 0 Å². The molecule has 0 radical (unpaired) electrons. The van der Waals surface area contributed by atoms with Crippen molar-refractivity contribution in [2.24, 2.45) is 17.3 Å². The predicted octanol–water partition coefficient (Wildman–Crippen LogP) is 4.35. The van der Waals surface area contributed by atoms with Gasteiger partial charge in [-0.25, -0.2) is 9.59 Å². The molecule has 208 valence electrons. The first-order valence-electron chi connectivity index (χ1n) is 13.5. The summed E-state index contributed by atoms with van der Waals surface area (Å²) in [6.45, 7) is 6.86. The fourth-order valence-electron chi connectivity index (χ4n) is 7.34. The summed E-state index contributed by atoms with van der Waals surface area (Å²) in [5, 5.41) is 10.7. The van der Waals surface area contributed by atoms with Gasteiger partial charge in [-0.1, -0.05) is 36.4 Å². The lowest BCUT2D eigenvalue weighted by Crippen LogP contribution is -2.74. The zero-order valence-electron chi connectivity index (χ0n) is 22.8. The molecule has 2 aliphatic carbocycles. The minimum atomic E-state index is -1.28. The number of esters is 3. The quantitative estimate of drug-likeness (QED) is 0.429. The zero-order valence-corrected chi connectivity index (χ0v) is 22.8. The molecule has 3 aliphatic rings. The van der Waals surface area contributed by atoms with Gasteiger partial charge in [0.25, 0.3) is 0 Å². The Hall–Kier alpha value is -3.23. The number of aliphatic hydroxyl groups is 1. The van der Waals surface area contributed by atoms with Crippen molar-refractivity contribution in [1.29, 1.82) is 0 Å². The molecule has 2 aromatic carbocycles. The van der Waals surface area contributed by atoms with Gasteiger partial charge in [0.2, 0.25) is 0 Å². The highest BCUT2D eigenvalue weighted by atomic mass is 16.6. The molecule has 0 unspecified atom stereocenters. The van der Waals surface area contributed by atoms with Crippen molar-refractivity contribution in [1.82, 2.24) is 0 Å². The molecule has 0 amide bonds. The van der Waals surface area contributed by atoms with Gasteiger partial charge < -0.3 is 24.1 Å². The second-order valence-electron chi connectivity index (χ2n) is 11.6. The predicted molar refractivity (Wildman–Crippen MR) is 141 cm³/mol. The maximum atomic E-state index is 13.4. The fraction of sp³-hybridized carbons (Fsp3) is 0.516. The SMILES string of the molecule is CC(=O)O[C@H]1CC[C@@H](CO)[C@]23OC(C)(C)[C@H](C[C@H](OC(=O)c4ccccc4)[C@]12C)[C@H]3OC(=O)c1ccccc1. The van der Waals surface area contributed by atoms with Crippen LogP contribution in [0.15, 0.2) is 60.7 Å². The molecule has 1 saturated heterocycles. The van der Waals surface area contributed by atoms with Crippen molar-refractivity contribution in [2.45, 2.75) is 76.5 Å². The minimum Gasteiger partial charge on any atom is -0.462 e. The summed E-state index contributed by atoms with van der Waals surface area (Å²) in [4.78, 5) is 39.0. The average Bonchev–Trinajstić information content (AvgIpc) is 3.09. The Morgan fingerprint density at radius 2 is 1.41 bits per heavy atom. The molecule has 5 rings (SSSR count). The van der Waals surface area contributed by atoms with E-state index in [1.807, 2.05) is 32.9 Å². The smallest absolute Gasteiger partial charge is 0.338 e. The highest BCUT2D eigenvalue weighted by molar-refractivity contribution is 5.90. The molecule has 8 heteroatoms. The second-order valence-corrected chi connectivity index (χ2v) is 11.6. The Morgan fingerprint density at radius 3 is 1.95 bits per heavy atom. The van der Waals surface area contributed by atoms with E-state index in [2.05, 4.69) is 0 Å². The van der Waals surface area contributed by atoms with Gasteiger partial charge in [0, 0.05) is 25.4 Å². The minimum absolute atomic E-state index is 0.232. The topological polar surface area (TPSA) is 108 Å². The highest BCUT2D eigenvalue weighted by Gasteiger charge is 2.79. The number of hydrogen-bond acceptors (Lipinski definition) is 8. The number of ether oxygens (including phenoxy) is 4. The van der Waals surface area contributed by atoms with Crippen LogP contribution in [0.1, 0.15) is 67.7 Å². The van der Waals surface area contributed by atoms with E-state index >= 15 is 0 Å². The van der Waals surface area contributed by atoms with E-state index in [-0.39, 0.29) is 12.5 Å². The van der Waals surface area contributed by atoms with Crippen LogP contribution in [0.4, 0.5) is 0 Å². The maximum absolute atomic E-state index is 13.4. The van der Waals surface area contributed by atoms with Crippen molar-refractivity contribution in [2.75, 3.05) is 6.61 Å². The number of rotatable bonds is 6. The third-order valence-corrected chi connectivity index (χ3v) is 9.18. The molecule has 2 aromatic rings. The summed E-state index contributed by atoms with van der Waals surface area (Å²) in [6.07, 6.45) is -0.956. The molecule has 7 atom stereocenters. The normalized spacial score (nSPS) is 34.4. The van der Waals surface area contributed by atoms with E-state index in [9.17, 15) is 19.5 Å². The first-order chi connectivity index (χ1) is 18.5. The number of hydrogen-bond donors (Lipinski definition) is 1. The average molecular weight is 537 g/mol. The van der Waals surface area contributed by atoms with Gasteiger partial charge in [-0.05, 0) is 64.3 Å². The highest BCUT2D eigenvalue weighted by Crippen LogP contribution is 2.67. The molecule has 1 spiro atoms. The molecule has 8 nitrogen and oxygen atoms in total. The fourth-order valence-corrected chi connectivity index (χ4v) is 7.34. The van der Waals surface area contributed by atoms with E-state index in [0.29, 0.717) is 30.4 Å². The Kier molecular flexibility index (Phi) is 7.06. The molecule has 1 heterocycles. The third-order valence-electron chi connectivity index (χ3n) is 9.18. The Balaban J connectivity index is 1.63. The van der Waals surface area contributed by atoms with Crippen LogP contribution in [0.2, 0.25) is 0 Å². The van der Waals surface area contributed by atoms with Crippen LogP contribution < -0.4 is 0 Å². The van der Waals surface area contributed by atoms with Crippen molar-refractivity contribution >= 4 is 17.9 Å². The number of aliphatic hydroxyl groups excluding tert-OH is 1. The summed E-state index contributed by atoms with van der Waals surface area (Å²) in [5.74, 6) is -2.27. The lowest BCUT2D eigenvalue weighted by molar-refractivity contribution is -0.289. The Bertz CT molecular complexity index is 1230. The third kappa shape index (κ3) is 4.34. The van der Waals surface area contributed by atoms with Crippen molar-refractivity contribution in [3.63, 3.8) is 0 Å². The van der Waals surface area contributed by atoms with E-state index < -0.39 is 58.8 Å². The number of benzene rings is 2. The van der Waals surface area contributed by atoms with Crippen LogP contribution in [0, 0.1) is 17.3 Å². The number of carbonyl (C=O) groups excluding carboxylic acids is 3. The standard InChI is InChI=1S/C31H36O8/c1-19(33)36-24-16-15-22(18-32)31-26(38-28(35)21-13-9-6-10-14-21)23(29(2,3)39-31)17-25(30(24,31)4)37-27(34)20-11-7-5-8-12-20/h5-14,22-26,32H,15-18H2,1-4H3/t22-,23+,24-,25-,26+,30-,31+/m0/s1. The monoisotopic (exact) mass is 536 g/mol. The van der Waals surface area contributed by atoms with E-state index in [0.717, 1.165) is 0 Å². The van der Waals surface area contributed by atoms with Gasteiger partial charge in [0.1, 0.15) is 23.9 Å². The van der Waals surface area contributed by atoms with E-state index in [1.54, 1.807) is 48.5 Å². The van der Waals surface area contributed by atoms with Gasteiger partial charge in [0.05, 0.1) is 22.1 Å². The summed E-state index contributed by atoms with van der Waals surface area (Å²) >= 11 is 0. The van der Waals surface area contributed by atoms with Gasteiger partial charge in [-0.3, -0.25) is 4.79 Å². The van der Waals surface area contributed by atoms with Gasteiger partial charge >= 0.3 is 17.9 Å². The molecular weight excluding hydrogens is 500 g/mol. The molecule has 2 saturated carbocycles. The van der Waals surface area contributed by atoms with Crippen LogP contribution in [0.25, 0.3) is 0 Å². The maximum Gasteiger partial charge on any atom is 0.338 e. The molecule has 2 bridgehead atoms. The van der Waals surface area contributed by atoms with Gasteiger partial charge in [-0.2, -0.15) is 0 Å². The first kappa shape index (κ1) is 27.3.